The van der Waals surface area contributed by atoms with Crippen LogP contribution < -0.4 is 5.32 Å². The molecule has 7 heteroatoms. The number of aromatic nitrogens is 3. The molecule has 0 bridgehead atoms. The lowest BCUT2D eigenvalue weighted by atomic mass is 10.1. The Morgan fingerprint density at radius 2 is 2.50 bits per heavy atom. The van der Waals surface area contributed by atoms with E-state index in [0.717, 1.165) is 13.0 Å². The SMILES string of the molecule is C=C(F)C(=O)NC1CCCn2nc(COC)nc21. The zero-order valence-electron chi connectivity index (χ0n) is 10.1. The highest BCUT2D eigenvalue weighted by molar-refractivity contribution is 5.90. The van der Waals surface area contributed by atoms with Crippen LogP contribution in [0, 0.1) is 0 Å². The van der Waals surface area contributed by atoms with E-state index in [1.807, 2.05) is 0 Å². The summed E-state index contributed by atoms with van der Waals surface area (Å²) >= 11 is 0. The zero-order valence-corrected chi connectivity index (χ0v) is 10.1. The molecule has 1 aromatic heterocycles. The monoisotopic (exact) mass is 254 g/mol. The Hall–Kier alpha value is -1.76. The lowest BCUT2D eigenvalue weighted by Crippen LogP contribution is -2.33. The maximum atomic E-state index is 12.7. The van der Waals surface area contributed by atoms with Crippen molar-refractivity contribution in [1.29, 1.82) is 0 Å². The molecule has 0 radical (unpaired) electrons. The molecule has 1 aliphatic heterocycles. The Morgan fingerprint density at radius 1 is 1.72 bits per heavy atom. The molecular formula is C11H15FN4O2. The summed E-state index contributed by atoms with van der Waals surface area (Å²) in [5.41, 5.74) is 0. The highest BCUT2D eigenvalue weighted by Crippen LogP contribution is 2.23. The predicted octanol–water partition coefficient (Wildman–Crippen LogP) is 0.859. The Bertz CT molecular complexity index is 472. The molecule has 1 atom stereocenters. The molecule has 2 heterocycles. The Kier molecular flexibility index (Phi) is 3.71. The van der Waals surface area contributed by atoms with E-state index < -0.39 is 11.7 Å². The molecule has 6 nitrogen and oxygen atoms in total. The number of carbonyl (C=O) groups is 1. The van der Waals surface area contributed by atoms with E-state index in [2.05, 4.69) is 22.0 Å². The number of methoxy groups -OCH3 is 1. The van der Waals surface area contributed by atoms with Gasteiger partial charge in [-0.3, -0.25) is 4.79 Å². The van der Waals surface area contributed by atoms with Crippen LogP contribution in [-0.4, -0.2) is 27.8 Å². The van der Waals surface area contributed by atoms with Gasteiger partial charge in [-0.15, -0.1) is 0 Å². The fourth-order valence-corrected chi connectivity index (χ4v) is 1.96. The Balaban J connectivity index is 2.16. The molecule has 0 saturated carbocycles. The lowest BCUT2D eigenvalue weighted by molar-refractivity contribution is -0.119. The number of ether oxygens (including phenoxy) is 1. The highest BCUT2D eigenvalue weighted by Gasteiger charge is 2.26. The number of amides is 1. The summed E-state index contributed by atoms with van der Waals surface area (Å²) in [5.74, 6) is -0.593. The van der Waals surface area contributed by atoms with Crippen molar-refractivity contribution in [3.63, 3.8) is 0 Å². The van der Waals surface area contributed by atoms with Gasteiger partial charge in [0.2, 0.25) is 0 Å². The van der Waals surface area contributed by atoms with Crippen LogP contribution in [-0.2, 0) is 22.7 Å². The predicted molar refractivity (Wildman–Crippen MR) is 61.1 cm³/mol. The number of hydrogen-bond acceptors (Lipinski definition) is 4. The maximum absolute atomic E-state index is 12.7. The number of hydrogen-bond donors (Lipinski definition) is 1. The van der Waals surface area contributed by atoms with E-state index in [0.29, 0.717) is 24.7 Å². The first kappa shape index (κ1) is 12.7. The van der Waals surface area contributed by atoms with Gasteiger partial charge in [0.1, 0.15) is 12.4 Å². The second kappa shape index (κ2) is 5.26. The first-order chi connectivity index (χ1) is 8.61. The third kappa shape index (κ3) is 2.56. The molecule has 2 rings (SSSR count). The fraction of sp³-hybridized carbons (Fsp3) is 0.545. The van der Waals surface area contributed by atoms with E-state index in [4.69, 9.17) is 4.74 Å². The standard InChI is InChI=1S/C11H15FN4O2/c1-7(12)11(17)13-8-4-3-5-16-10(8)14-9(15-16)6-18-2/h8H,1,3-6H2,2H3,(H,13,17). The quantitative estimate of drug-likeness (QED) is 0.809. The van der Waals surface area contributed by atoms with Gasteiger partial charge in [0, 0.05) is 13.7 Å². The van der Waals surface area contributed by atoms with E-state index in [1.54, 1.807) is 11.8 Å². The summed E-state index contributed by atoms with van der Waals surface area (Å²) in [5, 5.41) is 6.81. The molecule has 0 saturated heterocycles. The van der Waals surface area contributed by atoms with Crippen molar-refractivity contribution in [2.24, 2.45) is 0 Å². The van der Waals surface area contributed by atoms with Gasteiger partial charge in [0.05, 0.1) is 6.04 Å². The van der Waals surface area contributed by atoms with Gasteiger partial charge in [-0.25, -0.2) is 14.1 Å². The first-order valence-electron chi connectivity index (χ1n) is 5.69. The number of nitrogens with one attached hydrogen (secondary N) is 1. The molecule has 1 aromatic rings. The maximum Gasteiger partial charge on any atom is 0.279 e. The van der Waals surface area contributed by atoms with Gasteiger partial charge < -0.3 is 10.1 Å². The number of fused-ring (bicyclic) bond motifs is 1. The van der Waals surface area contributed by atoms with Crippen LogP contribution in [0.3, 0.4) is 0 Å². The minimum Gasteiger partial charge on any atom is -0.377 e. The van der Waals surface area contributed by atoms with Gasteiger partial charge in [0.25, 0.3) is 5.91 Å². The van der Waals surface area contributed by atoms with Crippen molar-refractivity contribution in [3.05, 3.63) is 24.1 Å². The number of aryl methyl sites for hydroxylation is 1. The van der Waals surface area contributed by atoms with Crippen LogP contribution in [0.2, 0.25) is 0 Å². The van der Waals surface area contributed by atoms with Gasteiger partial charge >= 0.3 is 0 Å². The average molecular weight is 254 g/mol. The highest BCUT2D eigenvalue weighted by atomic mass is 19.1. The van der Waals surface area contributed by atoms with Crippen LogP contribution in [0.25, 0.3) is 0 Å². The largest absolute Gasteiger partial charge is 0.377 e. The second-order valence-electron chi connectivity index (χ2n) is 4.12. The van der Waals surface area contributed by atoms with Gasteiger partial charge in [-0.1, -0.05) is 6.58 Å². The van der Waals surface area contributed by atoms with Crippen LogP contribution in [0.4, 0.5) is 4.39 Å². The fourth-order valence-electron chi connectivity index (χ4n) is 1.96. The van der Waals surface area contributed by atoms with E-state index in [1.165, 1.54) is 0 Å². The zero-order chi connectivity index (χ0) is 13.1. The van der Waals surface area contributed by atoms with Crippen molar-refractivity contribution in [2.45, 2.75) is 32.0 Å². The van der Waals surface area contributed by atoms with Crippen LogP contribution in [0.1, 0.15) is 30.5 Å². The molecule has 0 spiro atoms. The van der Waals surface area contributed by atoms with Gasteiger partial charge in [-0.2, -0.15) is 5.10 Å². The molecule has 0 fully saturated rings. The molecule has 18 heavy (non-hydrogen) atoms. The normalized spacial score (nSPS) is 18.2. The summed E-state index contributed by atoms with van der Waals surface area (Å²) in [6.07, 6.45) is 1.57. The van der Waals surface area contributed by atoms with Gasteiger partial charge in [-0.05, 0) is 12.8 Å². The number of halogens is 1. The van der Waals surface area contributed by atoms with Crippen molar-refractivity contribution >= 4 is 5.91 Å². The summed E-state index contributed by atoms with van der Waals surface area (Å²) in [4.78, 5) is 15.6. The molecule has 1 N–H and O–H groups in total. The van der Waals surface area contributed by atoms with Crippen LogP contribution in [0.15, 0.2) is 12.4 Å². The topological polar surface area (TPSA) is 69.0 Å². The average Bonchev–Trinajstić information content (AvgIpc) is 2.73. The summed E-state index contributed by atoms with van der Waals surface area (Å²) in [6.45, 7) is 4.03. The van der Waals surface area contributed by atoms with Crippen molar-refractivity contribution < 1.29 is 13.9 Å². The minimum absolute atomic E-state index is 0.316. The van der Waals surface area contributed by atoms with Gasteiger partial charge in [0.15, 0.2) is 11.7 Å². The number of nitrogens with zero attached hydrogens (tertiary/aromatic N) is 3. The van der Waals surface area contributed by atoms with E-state index in [-0.39, 0.29) is 6.04 Å². The van der Waals surface area contributed by atoms with E-state index in [9.17, 15) is 9.18 Å². The molecule has 0 aromatic carbocycles. The first-order valence-corrected chi connectivity index (χ1v) is 5.69. The van der Waals surface area contributed by atoms with Crippen LogP contribution in [0.5, 0.6) is 0 Å². The second-order valence-corrected chi connectivity index (χ2v) is 4.12. The third-order valence-electron chi connectivity index (χ3n) is 2.74. The number of carbonyl (C=O) groups excluding carboxylic acids is 1. The smallest absolute Gasteiger partial charge is 0.279 e. The summed E-state index contributed by atoms with van der Waals surface area (Å²) < 4.78 is 19.4. The summed E-state index contributed by atoms with van der Waals surface area (Å²) in [6, 6.07) is -0.322. The van der Waals surface area contributed by atoms with Crippen molar-refractivity contribution in [3.8, 4) is 0 Å². The summed E-state index contributed by atoms with van der Waals surface area (Å²) in [7, 11) is 1.56. The Morgan fingerprint density at radius 3 is 3.17 bits per heavy atom. The minimum atomic E-state index is -0.997. The molecule has 1 aliphatic rings. The molecule has 1 amide bonds. The third-order valence-corrected chi connectivity index (χ3v) is 2.74. The Labute approximate surface area is 104 Å². The molecule has 1 unspecified atom stereocenters. The van der Waals surface area contributed by atoms with Crippen LogP contribution >= 0.6 is 0 Å². The van der Waals surface area contributed by atoms with E-state index >= 15 is 0 Å². The molecule has 98 valence electrons. The number of rotatable bonds is 4. The molecule has 0 aliphatic carbocycles. The van der Waals surface area contributed by atoms with Crippen molar-refractivity contribution in [1.82, 2.24) is 20.1 Å². The van der Waals surface area contributed by atoms with Crippen molar-refractivity contribution in [2.75, 3.05) is 7.11 Å². The lowest BCUT2D eigenvalue weighted by Gasteiger charge is -2.22. The molecular weight excluding hydrogens is 239 g/mol.